The number of anilines is 4. The fraction of sp³-hybridized carbons (Fsp3) is 0.154. The van der Waals surface area contributed by atoms with Gasteiger partial charge in [0, 0.05) is 34.1 Å². The third kappa shape index (κ3) is 4.11. The largest absolute Gasteiger partial charge is 0.493 e. The molecule has 0 unspecified atom stereocenters. The number of nitrogens with one attached hydrogen (secondary N) is 2. The smallest absolute Gasteiger partial charge is 0.258 e. The van der Waals surface area contributed by atoms with Gasteiger partial charge in [0.1, 0.15) is 18.0 Å². The molecule has 9 nitrogen and oxygen atoms in total. The summed E-state index contributed by atoms with van der Waals surface area (Å²) in [5.41, 5.74) is 9.49. The van der Waals surface area contributed by atoms with Crippen molar-refractivity contribution in [1.29, 1.82) is 0 Å². The third-order valence-corrected chi connectivity index (χ3v) is 6.91. The number of nitrogen functional groups attached to an aromatic ring is 1. The molecule has 3 heterocycles. The molecule has 0 saturated heterocycles. The molecule has 10 heteroatoms. The van der Waals surface area contributed by atoms with Gasteiger partial charge < -0.3 is 25.8 Å². The van der Waals surface area contributed by atoms with Crippen LogP contribution in [0.2, 0.25) is 0 Å². The maximum Gasteiger partial charge on any atom is 0.258 e. The number of amides is 1. The average Bonchev–Trinajstić information content (AvgIpc) is 3.34. The first-order valence-corrected chi connectivity index (χ1v) is 12.1. The number of carbonyl (C=O) groups excluding carboxylic acids is 1. The van der Waals surface area contributed by atoms with Crippen LogP contribution in [0.15, 0.2) is 54.3 Å². The number of pyridine rings is 1. The first-order valence-electron chi connectivity index (χ1n) is 11.2. The van der Waals surface area contributed by atoms with Gasteiger partial charge in [-0.3, -0.25) is 4.79 Å². The number of carbonyl (C=O) groups is 1. The lowest BCUT2D eigenvalue weighted by atomic mass is 10.0. The Kier molecular flexibility index (Phi) is 6.26. The van der Waals surface area contributed by atoms with Gasteiger partial charge in [0.2, 0.25) is 0 Å². The molecule has 0 spiro atoms. The molecule has 5 aromatic rings. The van der Waals surface area contributed by atoms with Gasteiger partial charge in [0.15, 0.2) is 11.5 Å². The van der Waals surface area contributed by atoms with Crippen LogP contribution in [0.3, 0.4) is 0 Å². The predicted octanol–water partition coefficient (Wildman–Crippen LogP) is 5.40. The van der Waals surface area contributed by atoms with E-state index in [1.54, 1.807) is 25.8 Å². The zero-order valence-corrected chi connectivity index (χ0v) is 20.8. The summed E-state index contributed by atoms with van der Waals surface area (Å²) >= 11 is 1.35. The second kappa shape index (κ2) is 9.67. The summed E-state index contributed by atoms with van der Waals surface area (Å²) in [6.07, 6.45) is 3.83. The number of methoxy groups -OCH3 is 2. The Morgan fingerprint density at radius 1 is 1.03 bits per heavy atom. The zero-order valence-electron chi connectivity index (χ0n) is 20.0. The van der Waals surface area contributed by atoms with Crippen molar-refractivity contribution in [2.75, 3.05) is 30.6 Å². The van der Waals surface area contributed by atoms with Crippen LogP contribution in [0.4, 0.5) is 23.0 Å². The Morgan fingerprint density at radius 3 is 2.64 bits per heavy atom. The summed E-state index contributed by atoms with van der Waals surface area (Å²) in [5.74, 6) is 2.00. The summed E-state index contributed by atoms with van der Waals surface area (Å²) in [4.78, 5) is 26.2. The van der Waals surface area contributed by atoms with Gasteiger partial charge >= 0.3 is 0 Å². The van der Waals surface area contributed by atoms with Crippen molar-refractivity contribution in [2.45, 2.75) is 13.3 Å². The Morgan fingerprint density at radius 2 is 1.86 bits per heavy atom. The van der Waals surface area contributed by atoms with Crippen molar-refractivity contribution in [3.8, 4) is 11.5 Å². The second-order valence-corrected chi connectivity index (χ2v) is 8.82. The molecule has 1 amide bonds. The minimum atomic E-state index is -0.257. The maximum atomic E-state index is 13.4. The molecular weight excluding hydrogens is 476 g/mol. The van der Waals surface area contributed by atoms with Crippen molar-refractivity contribution in [3.05, 3.63) is 65.4 Å². The number of aryl methyl sites for hydroxylation is 1. The first kappa shape index (κ1) is 23.3. The van der Waals surface area contributed by atoms with Gasteiger partial charge in [0.05, 0.1) is 35.7 Å². The fourth-order valence-electron chi connectivity index (χ4n) is 4.10. The lowest BCUT2D eigenvalue weighted by molar-refractivity contribution is 0.102. The van der Waals surface area contributed by atoms with E-state index < -0.39 is 0 Å². The molecule has 0 atom stereocenters. The standard InChI is InChI=1S/C26H24N6O3S/c1-4-14-5-7-17-16(9-10-28-25(17)31-15-6-8-19(34-2)20(11-15)35-3)21(14)32-26(33)18-12-36-23-22(18)29-13-30-24(23)27/h5-13H,4H2,1-3H3,(H,28,31)(H,32,33)(H2,27,29,30). The number of nitrogens with zero attached hydrogens (tertiary/aromatic N) is 3. The van der Waals surface area contributed by atoms with Crippen LogP contribution in [-0.2, 0) is 6.42 Å². The van der Waals surface area contributed by atoms with E-state index in [2.05, 4.69) is 32.5 Å². The van der Waals surface area contributed by atoms with E-state index in [-0.39, 0.29) is 5.91 Å². The monoisotopic (exact) mass is 500 g/mol. The number of ether oxygens (including phenoxy) is 2. The molecule has 0 aliphatic heterocycles. The summed E-state index contributed by atoms with van der Waals surface area (Å²) in [7, 11) is 3.19. The summed E-state index contributed by atoms with van der Waals surface area (Å²) < 4.78 is 11.4. The molecule has 36 heavy (non-hydrogen) atoms. The SMILES string of the molecule is CCc1ccc2c(Nc3ccc(OC)c(OC)c3)nccc2c1NC(=O)c1csc2c(N)ncnc12. The van der Waals surface area contributed by atoms with E-state index in [1.807, 2.05) is 36.4 Å². The van der Waals surface area contributed by atoms with Gasteiger partial charge in [-0.25, -0.2) is 15.0 Å². The molecule has 0 aliphatic carbocycles. The molecular formula is C26H24N6O3S. The van der Waals surface area contributed by atoms with Gasteiger partial charge in [0.25, 0.3) is 5.91 Å². The van der Waals surface area contributed by atoms with Crippen LogP contribution in [0.5, 0.6) is 11.5 Å². The zero-order chi connectivity index (χ0) is 25.2. The topological polar surface area (TPSA) is 124 Å². The Hall–Kier alpha value is -4.44. The normalized spacial score (nSPS) is 11.0. The number of thiophene rings is 1. The van der Waals surface area contributed by atoms with Crippen molar-refractivity contribution >= 4 is 61.2 Å². The highest BCUT2D eigenvalue weighted by Gasteiger charge is 2.19. The molecule has 182 valence electrons. The molecule has 0 fully saturated rings. The van der Waals surface area contributed by atoms with E-state index in [1.165, 1.54) is 17.7 Å². The minimum Gasteiger partial charge on any atom is -0.493 e. The lowest BCUT2D eigenvalue weighted by Crippen LogP contribution is -2.14. The van der Waals surface area contributed by atoms with Crippen molar-refractivity contribution < 1.29 is 14.3 Å². The summed E-state index contributed by atoms with van der Waals surface area (Å²) in [5, 5.41) is 9.97. The first-order chi connectivity index (χ1) is 17.5. The second-order valence-electron chi connectivity index (χ2n) is 7.94. The van der Waals surface area contributed by atoms with Gasteiger partial charge in [-0.15, -0.1) is 11.3 Å². The number of nitrogens with two attached hydrogens (primary N) is 1. The van der Waals surface area contributed by atoms with Crippen LogP contribution in [-0.4, -0.2) is 35.1 Å². The maximum absolute atomic E-state index is 13.4. The fourth-order valence-corrected chi connectivity index (χ4v) is 5.01. The highest BCUT2D eigenvalue weighted by molar-refractivity contribution is 7.18. The van der Waals surface area contributed by atoms with Crippen LogP contribution in [0.1, 0.15) is 22.8 Å². The van der Waals surface area contributed by atoms with E-state index >= 15 is 0 Å². The van der Waals surface area contributed by atoms with Crippen molar-refractivity contribution in [3.63, 3.8) is 0 Å². The van der Waals surface area contributed by atoms with Crippen LogP contribution < -0.4 is 25.8 Å². The molecule has 5 rings (SSSR count). The highest BCUT2D eigenvalue weighted by atomic mass is 32.1. The Labute approximate surface area is 211 Å². The number of rotatable bonds is 7. The number of benzene rings is 2. The van der Waals surface area contributed by atoms with Crippen molar-refractivity contribution in [2.24, 2.45) is 0 Å². The van der Waals surface area contributed by atoms with Crippen molar-refractivity contribution in [1.82, 2.24) is 15.0 Å². The summed E-state index contributed by atoms with van der Waals surface area (Å²) in [6.45, 7) is 2.05. The lowest BCUT2D eigenvalue weighted by Gasteiger charge is -2.16. The van der Waals surface area contributed by atoms with Crippen LogP contribution in [0.25, 0.3) is 21.0 Å². The number of fused-ring (bicyclic) bond motifs is 2. The number of hydrogen-bond acceptors (Lipinski definition) is 9. The van der Waals surface area contributed by atoms with E-state index in [0.29, 0.717) is 38.9 Å². The average molecular weight is 501 g/mol. The molecule has 0 aliphatic rings. The molecule has 0 radical (unpaired) electrons. The minimum absolute atomic E-state index is 0.257. The molecule has 0 bridgehead atoms. The Balaban J connectivity index is 1.54. The van der Waals surface area contributed by atoms with Crippen LogP contribution >= 0.6 is 11.3 Å². The number of hydrogen-bond donors (Lipinski definition) is 3. The number of aromatic nitrogens is 3. The highest BCUT2D eigenvalue weighted by Crippen LogP contribution is 2.36. The summed E-state index contributed by atoms with van der Waals surface area (Å²) in [6, 6.07) is 11.5. The Bertz CT molecular complexity index is 1600. The van der Waals surface area contributed by atoms with E-state index in [4.69, 9.17) is 15.2 Å². The third-order valence-electron chi connectivity index (χ3n) is 5.92. The molecule has 4 N–H and O–H groups in total. The molecule has 2 aromatic carbocycles. The van der Waals surface area contributed by atoms with Gasteiger partial charge in [-0.05, 0) is 30.2 Å². The quantitative estimate of drug-likeness (QED) is 0.271. The molecule has 0 saturated carbocycles. The van der Waals surface area contributed by atoms with Gasteiger partial charge in [-0.2, -0.15) is 0 Å². The van der Waals surface area contributed by atoms with E-state index in [0.717, 1.165) is 34.1 Å². The molecule has 3 aromatic heterocycles. The van der Waals surface area contributed by atoms with Crippen LogP contribution in [0, 0.1) is 0 Å². The van der Waals surface area contributed by atoms with E-state index in [9.17, 15) is 4.79 Å². The predicted molar refractivity (Wildman–Crippen MR) is 144 cm³/mol. The van der Waals surface area contributed by atoms with Gasteiger partial charge in [-0.1, -0.05) is 19.1 Å².